The first-order chi connectivity index (χ1) is 10.0. The summed E-state index contributed by atoms with van der Waals surface area (Å²) in [5.41, 5.74) is 2.00. The van der Waals surface area contributed by atoms with Crippen LogP contribution in [0.25, 0.3) is 10.9 Å². The molecule has 0 fully saturated rings. The zero-order chi connectivity index (χ0) is 15.1. The average Bonchev–Trinajstić information content (AvgIpc) is 2.44. The van der Waals surface area contributed by atoms with E-state index in [4.69, 9.17) is 0 Å². The molecule has 4 heteroatoms. The highest BCUT2D eigenvalue weighted by Gasteiger charge is 2.30. The average molecular weight is 287 g/mol. The van der Waals surface area contributed by atoms with E-state index in [1.54, 1.807) is 12.1 Å². The first-order valence-electron chi connectivity index (χ1n) is 7.35. The number of nitrogens with zero attached hydrogens (tertiary/aromatic N) is 1. The van der Waals surface area contributed by atoms with Gasteiger partial charge in [0.2, 0.25) is 0 Å². The fourth-order valence-electron chi connectivity index (χ4n) is 3.40. The van der Waals surface area contributed by atoms with Crippen LogP contribution >= 0.6 is 0 Å². The van der Waals surface area contributed by atoms with Gasteiger partial charge in [-0.3, -0.25) is 0 Å². The molecule has 0 amide bonds. The second-order valence-electron chi connectivity index (χ2n) is 6.03. The van der Waals surface area contributed by atoms with E-state index in [0.717, 1.165) is 24.1 Å². The van der Waals surface area contributed by atoms with Crippen molar-refractivity contribution in [1.29, 1.82) is 0 Å². The van der Waals surface area contributed by atoms with Crippen molar-refractivity contribution in [2.24, 2.45) is 5.92 Å². The third-order valence-corrected chi connectivity index (χ3v) is 4.41. The van der Waals surface area contributed by atoms with E-state index in [1.165, 1.54) is 6.07 Å². The van der Waals surface area contributed by atoms with Crippen LogP contribution in [0.5, 0.6) is 0 Å². The number of hydrogen-bond acceptors (Lipinski definition) is 2. The van der Waals surface area contributed by atoms with E-state index in [1.807, 2.05) is 0 Å². The summed E-state index contributed by atoms with van der Waals surface area (Å²) in [7, 11) is 0. The Morgan fingerprint density at radius 1 is 1.43 bits per heavy atom. The Morgan fingerprint density at radius 3 is 2.86 bits per heavy atom. The molecule has 21 heavy (non-hydrogen) atoms. The van der Waals surface area contributed by atoms with Crippen molar-refractivity contribution in [3.05, 3.63) is 40.8 Å². The molecule has 2 aromatic rings. The summed E-state index contributed by atoms with van der Waals surface area (Å²) in [5.74, 6) is -0.877. The number of benzene rings is 1. The molecule has 1 aromatic carbocycles. The summed E-state index contributed by atoms with van der Waals surface area (Å²) >= 11 is 0. The summed E-state index contributed by atoms with van der Waals surface area (Å²) in [6.45, 7) is 4.21. The fourth-order valence-corrected chi connectivity index (χ4v) is 3.40. The third-order valence-electron chi connectivity index (χ3n) is 4.41. The van der Waals surface area contributed by atoms with Gasteiger partial charge >= 0.3 is 5.97 Å². The van der Waals surface area contributed by atoms with Crippen LogP contribution in [0.1, 0.15) is 54.2 Å². The lowest BCUT2D eigenvalue weighted by Gasteiger charge is -2.29. The molecule has 0 spiro atoms. The molecule has 0 saturated carbocycles. The van der Waals surface area contributed by atoms with Gasteiger partial charge in [0.15, 0.2) is 0 Å². The molecule has 0 aliphatic heterocycles. The Morgan fingerprint density at radius 2 is 2.19 bits per heavy atom. The predicted molar refractivity (Wildman–Crippen MR) is 79.2 cm³/mol. The van der Waals surface area contributed by atoms with Gasteiger partial charge in [0.05, 0.1) is 5.56 Å². The van der Waals surface area contributed by atoms with Gasteiger partial charge in [0.25, 0.3) is 0 Å². The van der Waals surface area contributed by atoms with Crippen molar-refractivity contribution in [2.75, 3.05) is 0 Å². The van der Waals surface area contributed by atoms with Gasteiger partial charge in [-0.15, -0.1) is 0 Å². The molecule has 1 aliphatic carbocycles. The predicted octanol–water partition coefficient (Wildman–Crippen LogP) is 4.15. The summed E-state index contributed by atoms with van der Waals surface area (Å²) < 4.78 is 14.1. The number of para-hydroxylation sites is 1. The monoisotopic (exact) mass is 287 g/mol. The highest BCUT2D eigenvalue weighted by molar-refractivity contribution is 6.04. The molecule has 1 atom stereocenters. The van der Waals surface area contributed by atoms with Crippen molar-refractivity contribution in [1.82, 2.24) is 4.98 Å². The second kappa shape index (κ2) is 5.10. The molecule has 0 saturated heterocycles. The number of aromatic nitrogens is 1. The Labute approximate surface area is 122 Å². The quantitative estimate of drug-likeness (QED) is 0.902. The van der Waals surface area contributed by atoms with Gasteiger partial charge in [-0.25, -0.2) is 14.2 Å². The van der Waals surface area contributed by atoms with Crippen molar-refractivity contribution in [2.45, 2.75) is 39.0 Å². The lowest BCUT2D eigenvalue weighted by atomic mass is 9.78. The smallest absolute Gasteiger partial charge is 0.336 e. The van der Waals surface area contributed by atoms with E-state index in [2.05, 4.69) is 18.8 Å². The maximum atomic E-state index is 14.1. The van der Waals surface area contributed by atoms with Crippen LogP contribution in [-0.2, 0) is 6.42 Å². The largest absolute Gasteiger partial charge is 0.478 e. The zero-order valence-electron chi connectivity index (χ0n) is 12.2. The molecule has 0 bridgehead atoms. The van der Waals surface area contributed by atoms with Crippen molar-refractivity contribution >= 4 is 16.9 Å². The van der Waals surface area contributed by atoms with E-state index >= 15 is 0 Å². The summed E-state index contributed by atoms with van der Waals surface area (Å²) in [6.07, 6.45) is 2.65. The normalized spacial score (nSPS) is 18.0. The first-order valence-corrected chi connectivity index (χ1v) is 7.35. The Hall–Kier alpha value is -1.97. The van der Waals surface area contributed by atoms with Gasteiger partial charge in [0.1, 0.15) is 11.3 Å². The molecule has 1 N–H and O–H groups in total. The van der Waals surface area contributed by atoms with Gasteiger partial charge in [-0.2, -0.15) is 0 Å². The number of rotatable bonds is 2. The number of fused-ring (bicyclic) bond motifs is 2. The van der Waals surface area contributed by atoms with Crippen LogP contribution < -0.4 is 0 Å². The fraction of sp³-hybridized carbons (Fsp3) is 0.412. The molecule has 3 nitrogen and oxygen atoms in total. The first kappa shape index (κ1) is 14.0. The molecular weight excluding hydrogens is 269 g/mol. The zero-order valence-corrected chi connectivity index (χ0v) is 12.2. The molecule has 1 unspecified atom stereocenters. The summed E-state index contributed by atoms with van der Waals surface area (Å²) in [5, 5.41) is 10.0. The maximum Gasteiger partial charge on any atom is 0.336 e. The third kappa shape index (κ3) is 2.19. The van der Waals surface area contributed by atoms with Crippen molar-refractivity contribution in [3.63, 3.8) is 0 Å². The molecular formula is C17H18FNO2. The van der Waals surface area contributed by atoms with E-state index < -0.39 is 11.8 Å². The van der Waals surface area contributed by atoms with Crippen LogP contribution in [0.4, 0.5) is 4.39 Å². The summed E-state index contributed by atoms with van der Waals surface area (Å²) in [6, 6.07) is 4.52. The molecule has 1 heterocycles. The van der Waals surface area contributed by atoms with Gasteiger partial charge < -0.3 is 5.11 Å². The van der Waals surface area contributed by atoms with Gasteiger partial charge in [-0.1, -0.05) is 26.0 Å². The minimum atomic E-state index is -0.992. The minimum Gasteiger partial charge on any atom is -0.478 e. The minimum absolute atomic E-state index is 0.182. The van der Waals surface area contributed by atoms with E-state index in [9.17, 15) is 14.3 Å². The lowest BCUT2D eigenvalue weighted by molar-refractivity contribution is 0.0697. The van der Waals surface area contributed by atoms with E-state index in [-0.39, 0.29) is 17.0 Å². The van der Waals surface area contributed by atoms with Crippen LogP contribution in [-0.4, -0.2) is 16.1 Å². The van der Waals surface area contributed by atoms with Gasteiger partial charge in [0, 0.05) is 17.0 Å². The Bertz CT molecular complexity index is 724. The SMILES string of the molecule is CC(C)C1CCCc2c1nc1c(F)cccc1c2C(=O)O. The number of hydrogen-bond donors (Lipinski definition) is 1. The maximum absolute atomic E-state index is 14.1. The lowest BCUT2D eigenvalue weighted by Crippen LogP contribution is -2.20. The van der Waals surface area contributed by atoms with Crippen LogP contribution in [0.15, 0.2) is 18.2 Å². The Kier molecular flexibility index (Phi) is 3.40. The van der Waals surface area contributed by atoms with Crippen molar-refractivity contribution < 1.29 is 14.3 Å². The van der Waals surface area contributed by atoms with Gasteiger partial charge in [-0.05, 0) is 36.8 Å². The van der Waals surface area contributed by atoms with Crippen LogP contribution in [0.3, 0.4) is 0 Å². The highest BCUT2D eigenvalue weighted by atomic mass is 19.1. The number of aromatic carboxylic acids is 1. The number of carboxylic acids is 1. The molecule has 1 aromatic heterocycles. The molecule has 1 aliphatic rings. The summed E-state index contributed by atoms with van der Waals surface area (Å²) in [4.78, 5) is 16.2. The number of carbonyl (C=O) groups is 1. The number of carboxylic acid groups (broad SMARTS) is 1. The van der Waals surface area contributed by atoms with Crippen LogP contribution in [0, 0.1) is 11.7 Å². The molecule has 110 valence electrons. The number of halogens is 1. The second-order valence-corrected chi connectivity index (χ2v) is 6.03. The standard InChI is InChI=1S/C17H18FNO2/c1-9(2)10-5-3-6-11-14(17(20)21)12-7-4-8-13(18)16(12)19-15(10)11/h4,7-10H,3,5-6H2,1-2H3,(H,20,21). The molecule has 0 radical (unpaired) electrons. The Balaban J connectivity index is 2.40. The van der Waals surface area contributed by atoms with E-state index in [0.29, 0.717) is 17.7 Å². The number of pyridine rings is 1. The van der Waals surface area contributed by atoms with Crippen molar-refractivity contribution in [3.8, 4) is 0 Å². The highest BCUT2D eigenvalue weighted by Crippen LogP contribution is 2.39. The van der Waals surface area contributed by atoms with Crippen LogP contribution in [0.2, 0.25) is 0 Å². The molecule has 3 rings (SSSR count). The topological polar surface area (TPSA) is 50.2 Å².